The topological polar surface area (TPSA) is 53.2 Å². The zero-order valence-corrected chi connectivity index (χ0v) is 6.20. The average Bonchev–Trinajstić information content (AvgIpc) is 2.59. The number of aromatic nitrogens is 1. The number of anilines is 1. The normalized spacial score (nSPS) is 15.2. The predicted molar refractivity (Wildman–Crippen MR) is 42.8 cm³/mol. The fourth-order valence-corrected chi connectivity index (χ4v) is 1.25. The van der Waals surface area contributed by atoms with E-state index in [9.17, 15) is 9.59 Å². The maximum Gasteiger partial charge on any atom is 0.305 e. The summed E-state index contributed by atoms with van der Waals surface area (Å²) in [5.74, 6) is -1.05. The van der Waals surface area contributed by atoms with Crippen molar-refractivity contribution >= 4 is 17.4 Å². The zero-order chi connectivity index (χ0) is 8.72. The number of hydrogen-bond donors (Lipinski definition) is 1. The second kappa shape index (κ2) is 2.07. The Morgan fingerprint density at radius 3 is 2.92 bits per heavy atom. The van der Waals surface area contributed by atoms with Gasteiger partial charge in [-0.1, -0.05) is 6.58 Å². The molecule has 4 heteroatoms. The lowest BCUT2D eigenvalue weighted by molar-refractivity contribution is -0.113. The number of amides is 1. The zero-order valence-electron chi connectivity index (χ0n) is 6.20. The third kappa shape index (κ3) is 0.611. The van der Waals surface area contributed by atoms with Crippen LogP contribution in [0, 0.1) is 0 Å². The standard InChI is InChI=1S/C8H6N2O2/c1-2-10-5-3-4-9-6(5)7(11)8(10)12/h2-4,9H,1H2. The summed E-state index contributed by atoms with van der Waals surface area (Å²) < 4.78 is 0. The molecule has 1 aliphatic rings. The van der Waals surface area contributed by atoms with Crippen LogP contribution < -0.4 is 4.90 Å². The molecule has 0 aromatic carbocycles. The fraction of sp³-hybridized carbons (Fsp3) is 0. The van der Waals surface area contributed by atoms with Gasteiger partial charge in [-0.15, -0.1) is 0 Å². The van der Waals surface area contributed by atoms with Gasteiger partial charge in [-0.3, -0.25) is 14.5 Å². The number of fused-ring (bicyclic) bond motifs is 1. The molecule has 12 heavy (non-hydrogen) atoms. The Morgan fingerprint density at radius 2 is 2.25 bits per heavy atom. The average molecular weight is 162 g/mol. The Hall–Kier alpha value is -1.84. The van der Waals surface area contributed by atoms with Crippen molar-refractivity contribution in [3.63, 3.8) is 0 Å². The molecule has 1 N–H and O–H groups in total. The van der Waals surface area contributed by atoms with Crippen LogP contribution in [0.4, 0.5) is 5.69 Å². The number of Topliss-reactive ketones (excluding diaryl/α,β-unsaturated/α-hetero) is 1. The van der Waals surface area contributed by atoms with Gasteiger partial charge < -0.3 is 4.98 Å². The van der Waals surface area contributed by atoms with Gasteiger partial charge in [0.15, 0.2) is 0 Å². The number of H-pyrrole nitrogens is 1. The number of nitrogens with zero attached hydrogens (tertiary/aromatic N) is 1. The van der Waals surface area contributed by atoms with Crippen LogP contribution in [0.5, 0.6) is 0 Å². The molecule has 60 valence electrons. The molecule has 2 rings (SSSR count). The van der Waals surface area contributed by atoms with E-state index in [4.69, 9.17) is 0 Å². The SMILES string of the molecule is C=CN1C(=O)C(=O)c2[nH]ccc21. The van der Waals surface area contributed by atoms with E-state index in [0.29, 0.717) is 11.4 Å². The van der Waals surface area contributed by atoms with Crippen molar-refractivity contribution in [2.24, 2.45) is 0 Å². The van der Waals surface area contributed by atoms with E-state index < -0.39 is 11.7 Å². The highest BCUT2D eigenvalue weighted by Gasteiger charge is 2.35. The summed E-state index contributed by atoms with van der Waals surface area (Å²) >= 11 is 0. The Labute approximate surface area is 68.5 Å². The molecule has 1 aliphatic heterocycles. The van der Waals surface area contributed by atoms with Crippen LogP contribution in [0.15, 0.2) is 25.0 Å². The summed E-state index contributed by atoms with van der Waals surface area (Å²) in [7, 11) is 0. The van der Waals surface area contributed by atoms with E-state index in [1.165, 1.54) is 11.1 Å². The molecule has 0 spiro atoms. The molecule has 0 radical (unpaired) electrons. The number of nitrogens with one attached hydrogen (secondary N) is 1. The van der Waals surface area contributed by atoms with E-state index in [1.54, 1.807) is 12.3 Å². The molecule has 1 aromatic heterocycles. The van der Waals surface area contributed by atoms with E-state index in [2.05, 4.69) is 11.6 Å². The molecular weight excluding hydrogens is 156 g/mol. The van der Waals surface area contributed by atoms with E-state index >= 15 is 0 Å². The van der Waals surface area contributed by atoms with Crippen molar-refractivity contribution in [2.45, 2.75) is 0 Å². The van der Waals surface area contributed by atoms with Gasteiger partial charge in [-0.05, 0) is 6.07 Å². The molecular formula is C8H6N2O2. The van der Waals surface area contributed by atoms with E-state index in [-0.39, 0.29) is 0 Å². The molecule has 0 aliphatic carbocycles. The third-order valence-corrected chi connectivity index (χ3v) is 1.81. The number of aromatic amines is 1. The second-order valence-electron chi connectivity index (χ2n) is 2.42. The molecule has 4 nitrogen and oxygen atoms in total. The summed E-state index contributed by atoms with van der Waals surface area (Å²) in [6, 6.07) is 1.67. The largest absolute Gasteiger partial charge is 0.357 e. The molecule has 0 atom stereocenters. The third-order valence-electron chi connectivity index (χ3n) is 1.81. The van der Waals surface area contributed by atoms with Gasteiger partial charge in [0.1, 0.15) is 5.69 Å². The maximum absolute atomic E-state index is 11.2. The lowest BCUT2D eigenvalue weighted by Crippen LogP contribution is -2.24. The summed E-state index contributed by atoms with van der Waals surface area (Å²) in [5.41, 5.74) is 0.930. The lowest BCUT2D eigenvalue weighted by Gasteiger charge is -2.05. The molecule has 0 saturated heterocycles. The molecule has 2 heterocycles. The van der Waals surface area contributed by atoms with Crippen molar-refractivity contribution < 1.29 is 9.59 Å². The molecule has 1 amide bonds. The fourth-order valence-electron chi connectivity index (χ4n) is 1.25. The summed E-state index contributed by atoms with van der Waals surface area (Å²) in [4.78, 5) is 26.2. The van der Waals surface area contributed by atoms with Gasteiger partial charge in [0.05, 0.1) is 5.69 Å². The maximum atomic E-state index is 11.2. The van der Waals surface area contributed by atoms with Crippen molar-refractivity contribution in [2.75, 3.05) is 4.90 Å². The summed E-state index contributed by atoms with van der Waals surface area (Å²) in [6.07, 6.45) is 2.95. The van der Waals surface area contributed by atoms with Crippen molar-refractivity contribution in [3.8, 4) is 0 Å². The lowest BCUT2D eigenvalue weighted by atomic mass is 10.3. The highest BCUT2D eigenvalue weighted by atomic mass is 16.2. The first-order chi connectivity index (χ1) is 5.75. The van der Waals surface area contributed by atoms with Crippen LogP contribution in [-0.4, -0.2) is 16.7 Å². The molecule has 0 unspecified atom stereocenters. The molecule has 0 saturated carbocycles. The van der Waals surface area contributed by atoms with Crippen molar-refractivity contribution in [1.82, 2.24) is 4.98 Å². The molecule has 1 aromatic rings. The van der Waals surface area contributed by atoms with Crippen molar-refractivity contribution in [3.05, 3.63) is 30.7 Å². The minimum absolute atomic E-state index is 0.347. The van der Waals surface area contributed by atoms with Crippen LogP contribution in [-0.2, 0) is 4.79 Å². The molecule has 0 fully saturated rings. The van der Waals surface area contributed by atoms with Gasteiger partial charge >= 0.3 is 5.91 Å². The first-order valence-corrected chi connectivity index (χ1v) is 3.43. The Bertz CT molecular complexity index is 378. The highest BCUT2D eigenvalue weighted by molar-refractivity contribution is 6.52. The predicted octanol–water partition coefficient (Wildman–Crippen LogP) is 0.688. The van der Waals surface area contributed by atoms with Gasteiger partial charge in [-0.25, -0.2) is 0 Å². The Morgan fingerprint density at radius 1 is 1.50 bits per heavy atom. The number of rotatable bonds is 1. The van der Waals surface area contributed by atoms with E-state index in [1.807, 2.05) is 0 Å². The minimum atomic E-state index is -0.549. The van der Waals surface area contributed by atoms with Gasteiger partial charge in [0.2, 0.25) is 0 Å². The minimum Gasteiger partial charge on any atom is -0.357 e. The molecule has 0 bridgehead atoms. The van der Waals surface area contributed by atoms with Crippen molar-refractivity contribution in [1.29, 1.82) is 0 Å². The smallest absolute Gasteiger partial charge is 0.305 e. The van der Waals surface area contributed by atoms with Crippen LogP contribution >= 0.6 is 0 Å². The first kappa shape index (κ1) is 6.84. The highest BCUT2D eigenvalue weighted by Crippen LogP contribution is 2.27. The van der Waals surface area contributed by atoms with Crippen LogP contribution in [0.3, 0.4) is 0 Å². The Kier molecular flexibility index (Phi) is 1.18. The first-order valence-electron chi connectivity index (χ1n) is 3.43. The monoisotopic (exact) mass is 162 g/mol. The van der Waals surface area contributed by atoms with Crippen LogP contribution in [0.1, 0.15) is 10.5 Å². The summed E-state index contributed by atoms with van der Waals surface area (Å²) in [5, 5.41) is 0. The van der Waals surface area contributed by atoms with Gasteiger partial charge in [0.25, 0.3) is 5.78 Å². The summed E-state index contributed by atoms with van der Waals surface area (Å²) in [6.45, 7) is 3.44. The number of carbonyl (C=O) groups is 2. The number of carbonyl (C=O) groups excluding carboxylic acids is 2. The van der Waals surface area contributed by atoms with Gasteiger partial charge in [-0.2, -0.15) is 0 Å². The Balaban J connectivity index is 2.63. The van der Waals surface area contributed by atoms with Crippen LogP contribution in [0.25, 0.3) is 0 Å². The van der Waals surface area contributed by atoms with Crippen LogP contribution in [0.2, 0.25) is 0 Å². The number of ketones is 1. The number of hydrogen-bond acceptors (Lipinski definition) is 2. The van der Waals surface area contributed by atoms with Gasteiger partial charge in [0, 0.05) is 12.4 Å². The second-order valence-corrected chi connectivity index (χ2v) is 2.42. The van der Waals surface area contributed by atoms with E-state index in [0.717, 1.165) is 0 Å². The quantitative estimate of drug-likeness (QED) is 0.617.